The molecule has 0 aromatic rings. The van der Waals surface area contributed by atoms with Gasteiger partial charge in [-0.15, -0.1) is 0 Å². The maximum Gasteiger partial charge on any atom is 0.198 e. The van der Waals surface area contributed by atoms with Gasteiger partial charge in [-0.05, 0) is 41.5 Å². The van der Waals surface area contributed by atoms with E-state index in [1.807, 2.05) is 0 Å². The van der Waals surface area contributed by atoms with E-state index in [2.05, 4.69) is 55.4 Å². The highest BCUT2D eigenvalue weighted by Gasteiger charge is 2.39. The third kappa shape index (κ3) is 4.43. The van der Waals surface area contributed by atoms with Crippen molar-refractivity contribution in [1.82, 2.24) is 0 Å². The quantitative estimate of drug-likeness (QED) is 0.387. The summed E-state index contributed by atoms with van der Waals surface area (Å²) in [5.41, 5.74) is 0. The average Bonchev–Trinajstić information content (AvgIpc) is 2.55. The molecule has 0 saturated heterocycles. The van der Waals surface area contributed by atoms with Crippen molar-refractivity contribution in [3.8, 4) is 0 Å². The van der Waals surface area contributed by atoms with Gasteiger partial charge < -0.3 is 0 Å². The fraction of sp³-hybridized carbons (Fsp3) is 1.00. The molecule has 0 bridgehead atoms. The summed E-state index contributed by atoms with van der Waals surface area (Å²) in [4.78, 5) is 0. The van der Waals surface area contributed by atoms with Crippen LogP contribution in [0.5, 0.6) is 0 Å². The van der Waals surface area contributed by atoms with Crippen molar-refractivity contribution in [3.05, 3.63) is 0 Å². The van der Waals surface area contributed by atoms with Crippen LogP contribution in [0, 0.1) is 0 Å². The van der Waals surface area contributed by atoms with Crippen molar-refractivity contribution in [2.24, 2.45) is 0 Å². The average molecular weight is 303 g/mol. The van der Waals surface area contributed by atoms with Gasteiger partial charge in [0, 0.05) is 12.8 Å². The molecule has 0 saturated carbocycles. The SMILES string of the molecule is CCC(OC(CC)[N+](CC)(CC)CC)[N+](CC)(CC)CC. The monoisotopic (exact) mass is 302 g/mol. The Labute approximate surface area is 134 Å². The molecule has 0 aliphatic heterocycles. The van der Waals surface area contributed by atoms with E-state index in [4.69, 9.17) is 4.74 Å². The molecule has 0 fully saturated rings. The van der Waals surface area contributed by atoms with E-state index in [9.17, 15) is 0 Å². The Morgan fingerprint density at radius 3 is 0.905 bits per heavy atom. The summed E-state index contributed by atoms with van der Waals surface area (Å²) in [5.74, 6) is 0. The predicted molar refractivity (Wildman–Crippen MR) is 93.0 cm³/mol. The number of rotatable bonds is 12. The highest BCUT2D eigenvalue weighted by Crippen LogP contribution is 2.25. The van der Waals surface area contributed by atoms with Gasteiger partial charge >= 0.3 is 0 Å². The Kier molecular flexibility index (Phi) is 9.75. The zero-order valence-electron chi connectivity index (χ0n) is 16.1. The summed E-state index contributed by atoms with van der Waals surface area (Å²) >= 11 is 0. The second-order valence-electron chi connectivity index (χ2n) is 6.20. The van der Waals surface area contributed by atoms with Crippen LogP contribution in [-0.2, 0) is 4.74 Å². The summed E-state index contributed by atoms with van der Waals surface area (Å²) < 4.78 is 8.94. The molecule has 2 unspecified atom stereocenters. The van der Waals surface area contributed by atoms with Crippen LogP contribution in [0.1, 0.15) is 68.2 Å². The normalized spacial score (nSPS) is 16.0. The summed E-state index contributed by atoms with van der Waals surface area (Å²) in [6.07, 6.45) is 2.86. The van der Waals surface area contributed by atoms with Crippen molar-refractivity contribution in [2.45, 2.75) is 80.7 Å². The standard InChI is InChI=1S/C18H42N2O/c1-9-17(19(11-3,12-4)13-5)21-18(10-2)20(14-6,15-7)16-8/h17-18H,9-16H2,1-8H3/q+2. The molecule has 0 spiro atoms. The maximum atomic E-state index is 6.77. The van der Waals surface area contributed by atoms with Crippen LogP contribution in [0.15, 0.2) is 0 Å². The van der Waals surface area contributed by atoms with E-state index in [0.29, 0.717) is 12.5 Å². The summed E-state index contributed by atoms with van der Waals surface area (Å²) in [6, 6.07) is 0. The molecule has 0 rings (SSSR count). The Bertz CT molecular complexity index is 217. The van der Waals surface area contributed by atoms with Gasteiger partial charge in [0.15, 0.2) is 12.5 Å². The number of ether oxygens (including phenoxy) is 1. The molecular formula is C18H42N2O+2. The molecule has 21 heavy (non-hydrogen) atoms. The number of quaternary nitrogens is 2. The lowest BCUT2D eigenvalue weighted by atomic mass is 10.2. The van der Waals surface area contributed by atoms with Gasteiger partial charge in [-0.25, -0.2) is 0 Å². The van der Waals surface area contributed by atoms with Gasteiger partial charge in [-0.3, -0.25) is 13.7 Å². The zero-order valence-corrected chi connectivity index (χ0v) is 16.1. The van der Waals surface area contributed by atoms with Crippen LogP contribution in [0.2, 0.25) is 0 Å². The third-order valence-electron chi connectivity index (χ3n) is 6.01. The second kappa shape index (κ2) is 9.81. The molecule has 0 heterocycles. The molecule has 0 aliphatic rings. The largest absolute Gasteiger partial charge is 0.299 e. The first kappa shape index (κ1) is 20.9. The molecule has 2 atom stereocenters. The van der Waals surface area contributed by atoms with Crippen LogP contribution < -0.4 is 0 Å². The van der Waals surface area contributed by atoms with Crippen molar-refractivity contribution < 1.29 is 13.7 Å². The summed E-state index contributed by atoms with van der Waals surface area (Å²) in [6.45, 7) is 25.4. The summed E-state index contributed by atoms with van der Waals surface area (Å²) in [7, 11) is 0. The predicted octanol–water partition coefficient (Wildman–Crippen LogP) is 4.23. The lowest BCUT2D eigenvalue weighted by Gasteiger charge is -2.47. The molecule has 0 amide bonds. The first-order valence-corrected chi connectivity index (χ1v) is 9.36. The van der Waals surface area contributed by atoms with Crippen LogP contribution in [-0.4, -0.2) is 60.7 Å². The van der Waals surface area contributed by atoms with Gasteiger partial charge in [-0.1, -0.05) is 13.8 Å². The lowest BCUT2D eigenvalue weighted by molar-refractivity contribution is -1.01. The van der Waals surface area contributed by atoms with E-state index in [-0.39, 0.29) is 0 Å². The molecule has 128 valence electrons. The first-order chi connectivity index (χ1) is 9.99. The minimum absolute atomic E-state index is 0.331. The van der Waals surface area contributed by atoms with Crippen LogP contribution >= 0.6 is 0 Å². The van der Waals surface area contributed by atoms with E-state index in [1.165, 1.54) is 0 Å². The molecule has 3 nitrogen and oxygen atoms in total. The lowest BCUT2D eigenvalue weighted by Crippen LogP contribution is -2.62. The topological polar surface area (TPSA) is 9.23 Å². The van der Waals surface area contributed by atoms with Crippen LogP contribution in [0.3, 0.4) is 0 Å². The second-order valence-corrected chi connectivity index (χ2v) is 6.20. The summed E-state index contributed by atoms with van der Waals surface area (Å²) in [5, 5.41) is 0. The highest BCUT2D eigenvalue weighted by molar-refractivity contribution is 4.52. The van der Waals surface area contributed by atoms with E-state index < -0.39 is 0 Å². The Balaban J connectivity index is 5.32. The highest BCUT2D eigenvalue weighted by atomic mass is 16.5. The van der Waals surface area contributed by atoms with Crippen LogP contribution in [0.25, 0.3) is 0 Å². The number of nitrogens with zero attached hydrogens (tertiary/aromatic N) is 2. The minimum Gasteiger partial charge on any atom is -0.299 e. The molecule has 0 aromatic heterocycles. The van der Waals surface area contributed by atoms with Gasteiger partial charge in [0.2, 0.25) is 0 Å². The molecular weight excluding hydrogens is 260 g/mol. The van der Waals surface area contributed by atoms with E-state index >= 15 is 0 Å². The van der Waals surface area contributed by atoms with Gasteiger partial charge in [0.1, 0.15) is 0 Å². The molecule has 0 N–H and O–H groups in total. The Morgan fingerprint density at radius 2 is 0.762 bits per heavy atom. The minimum atomic E-state index is 0.331. The fourth-order valence-corrected chi connectivity index (χ4v) is 3.97. The van der Waals surface area contributed by atoms with Crippen LogP contribution in [0.4, 0.5) is 0 Å². The maximum absolute atomic E-state index is 6.77. The molecule has 3 heteroatoms. The number of hydrogen-bond acceptors (Lipinski definition) is 1. The zero-order chi connectivity index (χ0) is 16.5. The third-order valence-corrected chi connectivity index (χ3v) is 6.01. The van der Waals surface area contributed by atoms with Crippen molar-refractivity contribution in [1.29, 1.82) is 0 Å². The molecule has 0 aromatic carbocycles. The van der Waals surface area contributed by atoms with E-state index in [0.717, 1.165) is 61.1 Å². The number of hydrogen-bond donors (Lipinski definition) is 0. The van der Waals surface area contributed by atoms with Crippen molar-refractivity contribution in [3.63, 3.8) is 0 Å². The van der Waals surface area contributed by atoms with Gasteiger partial charge in [0.25, 0.3) is 0 Å². The van der Waals surface area contributed by atoms with E-state index in [1.54, 1.807) is 0 Å². The van der Waals surface area contributed by atoms with Crippen molar-refractivity contribution >= 4 is 0 Å². The Morgan fingerprint density at radius 1 is 0.524 bits per heavy atom. The Hall–Kier alpha value is -0.120. The first-order valence-electron chi connectivity index (χ1n) is 9.36. The smallest absolute Gasteiger partial charge is 0.198 e. The van der Waals surface area contributed by atoms with Gasteiger partial charge in [-0.2, -0.15) is 0 Å². The van der Waals surface area contributed by atoms with Gasteiger partial charge in [0.05, 0.1) is 39.3 Å². The molecule has 0 radical (unpaired) electrons. The molecule has 0 aliphatic carbocycles. The van der Waals surface area contributed by atoms with Crippen molar-refractivity contribution in [2.75, 3.05) is 39.3 Å². The fourth-order valence-electron chi connectivity index (χ4n) is 3.97.